The molecule has 1 rings (SSSR count). The van der Waals surface area contributed by atoms with Crippen LogP contribution in [0.1, 0.15) is 30.0 Å². The van der Waals surface area contributed by atoms with Crippen LogP contribution in [-0.4, -0.2) is 0 Å². The van der Waals surface area contributed by atoms with Crippen LogP contribution in [0.15, 0.2) is 18.2 Å². The van der Waals surface area contributed by atoms with Gasteiger partial charge in [0.15, 0.2) is 0 Å². The first kappa shape index (κ1) is 13.9. The maximum Gasteiger partial charge on any atom is 0.416 e. The van der Waals surface area contributed by atoms with E-state index in [1.54, 1.807) is 6.92 Å². The molecule has 17 heavy (non-hydrogen) atoms. The molecule has 0 aliphatic heterocycles. The second kappa shape index (κ2) is 4.58. The molecule has 0 amide bonds. The average Bonchev–Trinajstić information content (AvgIpc) is 2.15. The van der Waals surface area contributed by atoms with Crippen LogP contribution in [0.3, 0.4) is 0 Å². The zero-order valence-corrected chi connectivity index (χ0v) is 8.78. The number of hydrogen-bond acceptors (Lipinski definition) is 0. The van der Waals surface area contributed by atoms with Crippen molar-refractivity contribution in [2.24, 2.45) is 0 Å². The lowest BCUT2D eigenvalue weighted by Gasteiger charge is -2.15. The van der Waals surface area contributed by atoms with Crippen molar-refractivity contribution in [3.05, 3.63) is 41.3 Å². The van der Waals surface area contributed by atoms with E-state index in [2.05, 4.69) is 0 Å². The van der Waals surface area contributed by atoms with Crippen LogP contribution in [0.2, 0.25) is 0 Å². The fraction of sp³-hybridized carbons (Fsp3) is 0.364. The molecule has 0 atom stereocenters. The van der Waals surface area contributed by atoms with Gasteiger partial charge in [0.05, 0.1) is 11.1 Å². The standard InChI is InChI=1S/C11H9F6/c1-2-3-7-4-5-8(10(12,13)14)6-9(7)11(15,16)17/h3-6H,2H2,1H3. The number of alkyl halides is 6. The molecule has 95 valence electrons. The molecule has 6 heteroatoms. The molecule has 0 unspecified atom stereocenters. The number of hydrogen-bond donors (Lipinski definition) is 0. The van der Waals surface area contributed by atoms with Gasteiger partial charge in [-0.05, 0) is 30.5 Å². The van der Waals surface area contributed by atoms with Gasteiger partial charge in [0.2, 0.25) is 0 Å². The lowest BCUT2D eigenvalue weighted by molar-refractivity contribution is -0.143. The number of benzene rings is 1. The predicted octanol–water partition coefficient (Wildman–Crippen LogP) is 4.69. The first-order valence-corrected chi connectivity index (χ1v) is 4.78. The molecule has 0 N–H and O–H groups in total. The van der Waals surface area contributed by atoms with Crippen LogP contribution in [-0.2, 0) is 12.4 Å². The molecule has 0 aliphatic rings. The Bertz CT molecular complexity index is 388. The minimum atomic E-state index is -4.79. The molecular formula is C11H9F6. The van der Waals surface area contributed by atoms with Crippen molar-refractivity contribution in [2.75, 3.05) is 0 Å². The predicted molar refractivity (Wildman–Crippen MR) is 50.1 cm³/mol. The smallest absolute Gasteiger partial charge is 0.166 e. The zero-order chi connectivity index (χ0) is 13.3. The van der Waals surface area contributed by atoms with Crippen LogP contribution in [0.4, 0.5) is 26.3 Å². The lowest BCUT2D eigenvalue weighted by atomic mass is 10.00. The van der Waals surface area contributed by atoms with E-state index in [1.807, 2.05) is 0 Å². The van der Waals surface area contributed by atoms with Crippen molar-refractivity contribution in [3.8, 4) is 0 Å². The quantitative estimate of drug-likeness (QED) is 0.673. The second-order valence-electron chi connectivity index (χ2n) is 3.41. The Hall–Kier alpha value is -1.20. The van der Waals surface area contributed by atoms with Gasteiger partial charge in [0.1, 0.15) is 0 Å². The van der Waals surface area contributed by atoms with Gasteiger partial charge in [-0.3, -0.25) is 0 Å². The van der Waals surface area contributed by atoms with Crippen LogP contribution >= 0.6 is 0 Å². The summed E-state index contributed by atoms with van der Waals surface area (Å²) >= 11 is 0. The first-order chi connectivity index (χ1) is 7.66. The van der Waals surface area contributed by atoms with E-state index in [9.17, 15) is 26.3 Å². The molecule has 1 aromatic carbocycles. The summed E-state index contributed by atoms with van der Waals surface area (Å²) in [5.41, 5.74) is -2.78. The summed E-state index contributed by atoms with van der Waals surface area (Å²) in [6, 6.07) is 1.63. The maximum absolute atomic E-state index is 12.6. The van der Waals surface area contributed by atoms with Crippen molar-refractivity contribution < 1.29 is 26.3 Å². The van der Waals surface area contributed by atoms with E-state index in [0.717, 1.165) is 6.07 Å². The lowest BCUT2D eigenvalue weighted by Crippen LogP contribution is -2.13. The van der Waals surface area contributed by atoms with E-state index in [1.165, 1.54) is 6.42 Å². The van der Waals surface area contributed by atoms with Crippen molar-refractivity contribution in [1.82, 2.24) is 0 Å². The topological polar surface area (TPSA) is 0 Å². The Morgan fingerprint density at radius 1 is 1.00 bits per heavy atom. The molecule has 0 nitrogen and oxygen atoms in total. The van der Waals surface area contributed by atoms with Gasteiger partial charge in [-0.15, -0.1) is 0 Å². The van der Waals surface area contributed by atoms with E-state index < -0.39 is 23.5 Å². The summed E-state index contributed by atoms with van der Waals surface area (Å²) in [6.45, 7) is 1.61. The SMILES string of the molecule is CC[CH]c1ccc(C(F)(F)F)cc1C(F)(F)F. The third-order valence-corrected chi connectivity index (χ3v) is 2.11. The summed E-state index contributed by atoms with van der Waals surface area (Å²) in [4.78, 5) is 0. The van der Waals surface area contributed by atoms with Gasteiger partial charge in [0.25, 0.3) is 0 Å². The number of rotatable bonds is 2. The minimum Gasteiger partial charge on any atom is -0.166 e. The molecule has 0 aromatic heterocycles. The third-order valence-electron chi connectivity index (χ3n) is 2.11. The molecule has 0 bridgehead atoms. The van der Waals surface area contributed by atoms with E-state index in [-0.39, 0.29) is 11.6 Å². The molecule has 0 saturated carbocycles. The van der Waals surface area contributed by atoms with Crippen molar-refractivity contribution in [3.63, 3.8) is 0 Å². The van der Waals surface area contributed by atoms with Crippen LogP contribution in [0.5, 0.6) is 0 Å². The molecule has 1 radical (unpaired) electrons. The number of halogens is 6. The zero-order valence-electron chi connectivity index (χ0n) is 8.78. The third kappa shape index (κ3) is 3.38. The van der Waals surface area contributed by atoms with E-state index >= 15 is 0 Å². The van der Waals surface area contributed by atoms with E-state index in [0.29, 0.717) is 12.5 Å². The first-order valence-electron chi connectivity index (χ1n) is 4.78. The highest BCUT2D eigenvalue weighted by Crippen LogP contribution is 2.37. The highest BCUT2D eigenvalue weighted by molar-refractivity contribution is 5.39. The monoisotopic (exact) mass is 255 g/mol. The fourth-order valence-corrected chi connectivity index (χ4v) is 1.38. The normalized spacial score (nSPS) is 12.9. The van der Waals surface area contributed by atoms with Gasteiger partial charge in [-0.1, -0.05) is 13.0 Å². The Morgan fingerprint density at radius 2 is 1.59 bits per heavy atom. The average molecular weight is 255 g/mol. The van der Waals surface area contributed by atoms with Crippen LogP contribution in [0.25, 0.3) is 0 Å². The van der Waals surface area contributed by atoms with E-state index in [4.69, 9.17) is 0 Å². The molecule has 1 aromatic rings. The van der Waals surface area contributed by atoms with Gasteiger partial charge in [0, 0.05) is 0 Å². The minimum absolute atomic E-state index is 0.140. The Kier molecular flexibility index (Phi) is 3.74. The van der Waals surface area contributed by atoms with Crippen LogP contribution in [0, 0.1) is 6.42 Å². The highest BCUT2D eigenvalue weighted by Gasteiger charge is 2.37. The molecule has 0 saturated heterocycles. The summed E-state index contributed by atoms with van der Waals surface area (Å²) < 4.78 is 74.5. The van der Waals surface area contributed by atoms with Gasteiger partial charge < -0.3 is 0 Å². The van der Waals surface area contributed by atoms with Gasteiger partial charge >= 0.3 is 12.4 Å². The van der Waals surface area contributed by atoms with Crippen molar-refractivity contribution >= 4 is 0 Å². The molecule has 0 fully saturated rings. The summed E-state index contributed by atoms with van der Waals surface area (Å²) in [5.74, 6) is 0. The van der Waals surface area contributed by atoms with Crippen molar-refractivity contribution in [1.29, 1.82) is 0 Å². The second-order valence-corrected chi connectivity index (χ2v) is 3.41. The molecule has 0 aliphatic carbocycles. The Morgan fingerprint density at radius 3 is 2.00 bits per heavy atom. The molecule has 0 spiro atoms. The van der Waals surface area contributed by atoms with Crippen LogP contribution < -0.4 is 0 Å². The fourth-order valence-electron chi connectivity index (χ4n) is 1.38. The van der Waals surface area contributed by atoms with Gasteiger partial charge in [-0.25, -0.2) is 0 Å². The summed E-state index contributed by atoms with van der Waals surface area (Å²) in [7, 11) is 0. The summed E-state index contributed by atoms with van der Waals surface area (Å²) in [6.07, 6.45) is -8.01. The Balaban J connectivity index is 3.30. The Labute approximate surface area is 94.2 Å². The van der Waals surface area contributed by atoms with Gasteiger partial charge in [-0.2, -0.15) is 26.3 Å². The largest absolute Gasteiger partial charge is 0.416 e. The van der Waals surface area contributed by atoms with Crippen molar-refractivity contribution in [2.45, 2.75) is 25.7 Å². The highest BCUT2D eigenvalue weighted by atomic mass is 19.4. The summed E-state index contributed by atoms with van der Waals surface area (Å²) in [5, 5.41) is 0. The molecular weight excluding hydrogens is 246 g/mol. The maximum atomic E-state index is 12.6. The molecule has 0 heterocycles.